The monoisotopic (exact) mass is 278 g/mol. The van der Waals surface area contributed by atoms with Crippen LogP contribution >= 0.6 is 0 Å². The molecule has 1 aliphatic rings. The van der Waals surface area contributed by atoms with Crippen molar-refractivity contribution in [3.63, 3.8) is 0 Å². The predicted molar refractivity (Wildman–Crippen MR) is 68.4 cm³/mol. The van der Waals surface area contributed by atoms with Crippen LogP contribution in [0.15, 0.2) is 0 Å². The van der Waals surface area contributed by atoms with Crippen molar-refractivity contribution in [1.82, 2.24) is 9.62 Å². The summed E-state index contributed by atoms with van der Waals surface area (Å²) in [5.74, 6) is -0.248. The number of likely N-dealkylation sites (tertiary alicyclic amines) is 1. The Labute approximate surface area is 108 Å². The van der Waals surface area contributed by atoms with E-state index in [4.69, 9.17) is 0 Å². The van der Waals surface area contributed by atoms with E-state index in [0.29, 0.717) is 25.9 Å². The summed E-state index contributed by atoms with van der Waals surface area (Å²) in [4.78, 5) is 13.5. The Balaban J connectivity index is 2.62. The van der Waals surface area contributed by atoms with Gasteiger partial charge in [-0.2, -0.15) is 0 Å². The Morgan fingerprint density at radius 2 is 2.11 bits per heavy atom. The number of nitrogens with one attached hydrogen (secondary N) is 1. The van der Waals surface area contributed by atoms with Crippen LogP contribution in [0.2, 0.25) is 0 Å². The lowest BCUT2D eigenvalue weighted by Gasteiger charge is -2.29. The molecule has 0 aliphatic carbocycles. The van der Waals surface area contributed by atoms with Crippen molar-refractivity contribution < 1.29 is 18.3 Å². The fraction of sp³-hybridized carbons (Fsp3) is 0.909. The molecule has 0 radical (unpaired) electrons. The van der Waals surface area contributed by atoms with Crippen LogP contribution in [0.4, 0.5) is 0 Å². The SMILES string of the molecule is CC1(C)CC(O)CCN(C(=O)CNS(C)(=O)=O)C1. The predicted octanol–water partition coefficient (Wildman–Crippen LogP) is -0.455. The van der Waals surface area contributed by atoms with E-state index in [9.17, 15) is 18.3 Å². The molecule has 0 aromatic carbocycles. The highest BCUT2D eigenvalue weighted by molar-refractivity contribution is 7.88. The van der Waals surface area contributed by atoms with Gasteiger partial charge in [-0.05, 0) is 18.3 Å². The van der Waals surface area contributed by atoms with Crippen LogP contribution in [0, 0.1) is 5.41 Å². The summed E-state index contributed by atoms with van der Waals surface area (Å²) >= 11 is 0. The zero-order valence-electron chi connectivity index (χ0n) is 11.1. The van der Waals surface area contributed by atoms with Gasteiger partial charge in [0.25, 0.3) is 0 Å². The second-order valence-electron chi connectivity index (χ2n) is 5.72. The smallest absolute Gasteiger partial charge is 0.237 e. The van der Waals surface area contributed by atoms with Crippen molar-refractivity contribution in [2.75, 3.05) is 25.9 Å². The molecule has 6 nitrogen and oxygen atoms in total. The normalized spacial score (nSPS) is 24.7. The average molecular weight is 278 g/mol. The zero-order chi connectivity index (χ0) is 14.0. The van der Waals surface area contributed by atoms with Gasteiger partial charge in [0.15, 0.2) is 0 Å². The van der Waals surface area contributed by atoms with E-state index in [2.05, 4.69) is 4.72 Å². The fourth-order valence-electron chi connectivity index (χ4n) is 2.22. The first-order valence-electron chi connectivity index (χ1n) is 5.99. The first-order chi connectivity index (χ1) is 8.09. The third-order valence-corrected chi connectivity index (χ3v) is 3.65. The lowest BCUT2D eigenvalue weighted by Crippen LogP contribution is -2.43. The number of aliphatic hydroxyl groups excluding tert-OH is 1. The number of amides is 1. The van der Waals surface area contributed by atoms with Crippen LogP contribution in [-0.4, -0.2) is 56.3 Å². The molecule has 7 heteroatoms. The van der Waals surface area contributed by atoms with E-state index in [1.165, 1.54) is 0 Å². The Morgan fingerprint density at radius 3 is 2.67 bits per heavy atom. The second-order valence-corrected chi connectivity index (χ2v) is 7.55. The molecule has 0 aromatic rings. The number of sulfonamides is 1. The lowest BCUT2D eigenvalue weighted by molar-refractivity contribution is -0.131. The highest BCUT2D eigenvalue weighted by Gasteiger charge is 2.31. The van der Waals surface area contributed by atoms with Crippen molar-refractivity contribution in [3.05, 3.63) is 0 Å². The number of nitrogens with zero attached hydrogens (tertiary/aromatic N) is 1. The summed E-state index contributed by atoms with van der Waals surface area (Å²) in [6.45, 7) is 4.77. The van der Waals surface area contributed by atoms with Gasteiger partial charge in [0.2, 0.25) is 15.9 Å². The zero-order valence-corrected chi connectivity index (χ0v) is 12.0. The van der Waals surface area contributed by atoms with Gasteiger partial charge in [-0.25, -0.2) is 13.1 Å². The molecule has 1 unspecified atom stereocenters. The molecule has 0 saturated carbocycles. The van der Waals surface area contributed by atoms with Gasteiger partial charge in [0.1, 0.15) is 0 Å². The molecule has 2 N–H and O–H groups in total. The number of hydrogen-bond donors (Lipinski definition) is 2. The quantitative estimate of drug-likeness (QED) is 0.732. The minimum Gasteiger partial charge on any atom is -0.393 e. The van der Waals surface area contributed by atoms with Crippen LogP contribution in [0.5, 0.6) is 0 Å². The summed E-state index contributed by atoms with van der Waals surface area (Å²) in [7, 11) is -3.35. The van der Waals surface area contributed by atoms with Crippen LogP contribution in [0.25, 0.3) is 0 Å². The van der Waals surface area contributed by atoms with E-state index >= 15 is 0 Å². The molecule has 0 bridgehead atoms. The third-order valence-electron chi connectivity index (χ3n) is 2.98. The molecular weight excluding hydrogens is 256 g/mol. The highest BCUT2D eigenvalue weighted by atomic mass is 32.2. The molecule has 18 heavy (non-hydrogen) atoms. The summed E-state index contributed by atoms with van der Waals surface area (Å²) in [6.07, 6.45) is 1.81. The van der Waals surface area contributed by atoms with Gasteiger partial charge < -0.3 is 10.0 Å². The summed E-state index contributed by atoms with van der Waals surface area (Å²) < 4.78 is 24.1. The van der Waals surface area contributed by atoms with E-state index in [0.717, 1.165) is 6.26 Å². The van der Waals surface area contributed by atoms with Crippen LogP contribution in [-0.2, 0) is 14.8 Å². The molecule has 0 aromatic heterocycles. The molecular formula is C11H22N2O4S. The molecule has 0 spiro atoms. The first-order valence-corrected chi connectivity index (χ1v) is 7.89. The number of carbonyl (C=O) groups is 1. The molecule has 1 heterocycles. The summed E-state index contributed by atoms with van der Waals surface area (Å²) in [5, 5.41) is 9.73. The third kappa shape index (κ3) is 5.32. The van der Waals surface area contributed by atoms with Crippen molar-refractivity contribution in [2.45, 2.75) is 32.8 Å². The number of carbonyl (C=O) groups excluding carboxylic acids is 1. The maximum absolute atomic E-state index is 11.9. The van der Waals surface area contributed by atoms with Gasteiger partial charge in [-0.1, -0.05) is 13.8 Å². The van der Waals surface area contributed by atoms with E-state index < -0.39 is 16.1 Å². The molecule has 1 rings (SSSR count). The molecule has 1 amide bonds. The molecule has 1 fully saturated rings. The van der Waals surface area contributed by atoms with E-state index in [-0.39, 0.29) is 17.9 Å². The van der Waals surface area contributed by atoms with Crippen LogP contribution in [0.1, 0.15) is 26.7 Å². The van der Waals surface area contributed by atoms with Crippen molar-refractivity contribution in [1.29, 1.82) is 0 Å². The largest absolute Gasteiger partial charge is 0.393 e. The first kappa shape index (κ1) is 15.4. The molecule has 1 aliphatic heterocycles. The van der Waals surface area contributed by atoms with E-state index in [1.807, 2.05) is 13.8 Å². The Kier molecular flexibility index (Phi) is 4.74. The van der Waals surface area contributed by atoms with Crippen molar-refractivity contribution >= 4 is 15.9 Å². The van der Waals surface area contributed by atoms with E-state index in [1.54, 1.807) is 4.90 Å². The molecule has 1 saturated heterocycles. The van der Waals surface area contributed by atoms with Crippen molar-refractivity contribution in [2.24, 2.45) is 5.41 Å². The van der Waals surface area contributed by atoms with Gasteiger partial charge in [0.05, 0.1) is 18.9 Å². The molecule has 1 atom stereocenters. The lowest BCUT2D eigenvalue weighted by atomic mass is 9.87. The van der Waals surface area contributed by atoms with Gasteiger partial charge in [0, 0.05) is 13.1 Å². The highest BCUT2D eigenvalue weighted by Crippen LogP contribution is 2.28. The summed E-state index contributed by atoms with van der Waals surface area (Å²) in [5.41, 5.74) is -0.156. The number of hydrogen-bond acceptors (Lipinski definition) is 4. The Morgan fingerprint density at radius 1 is 1.50 bits per heavy atom. The minimum absolute atomic E-state index is 0.156. The van der Waals surface area contributed by atoms with Gasteiger partial charge >= 0.3 is 0 Å². The number of rotatable bonds is 3. The minimum atomic E-state index is -3.35. The Bertz CT molecular complexity index is 405. The van der Waals surface area contributed by atoms with Gasteiger partial charge in [-0.15, -0.1) is 0 Å². The van der Waals surface area contributed by atoms with Gasteiger partial charge in [-0.3, -0.25) is 4.79 Å². The fourth-order valence-corrected chi connectivity index (χ4v) is 2.61. The standard InChI is InChI=1S/C11H22N2O4S/c1-11(2)6-9(14)4-5-13(8-11)10(15)7-12-18(3,16)17/h9,12,14H,4-8H2,1-3H3. The number of aliphatic hydroxyl groups is 1. The topological polar surface area (TPSA) is 86.7 Å². The Hall–Kier alpha value is -0.660. The van der Waals surface area contributed by atoms with Crippen LogP contribution < -0.4 is 4.72 Å². The second kappa shape index (κ2) is 5.54. The maximum Gasteiger partial charge on any atom is 0.237 e. The summed E-state index contributed by atoms with van der Waals surface area (Å²) in [6, 6.07) is 0. The maximum atomic E-state index is 11.9. The average Bonchev–Trinajstić information content (AvgIpc) is 2.31. The van der Waals surface area contributed by atoms with Crippen LogP contribution in [0.3, 0.4) is 0 Å². The van der Waals surface area contributed by atoms with Crippen molar-refractivity contribution in [3.8, 4) is 0 Å². The molecule has 106 valence electrons.